The van der Waals surface area contributed by atoms with Crippen molar-refractivity contribution < 1.29 is 8.42 Å². The molecule has 4 aliphatic rings. The van der Waals surface area contributed by atoms with Crippen molar-refractivity contribution in [3.8, 4) is 0 Å². The third-order valence-corrected chi connectivity index (χ3v) is 7.75. The number of sulfone groups is 1. The highest BCUT2D eigenvalue weighted by atomic mass is 32.2. The predicted octanol–water partition coefficient (Wildman–Crippen LogP) is 3.82. The SMILES string of the molecule is O=S(=O)(Cc1ccccc1)CC12CC3CC(CC(C3)C1)C2. The van der Waals surface area contributed by atoms with E-state index in [4.69, 9.17) is 0 Å². The largest absolute Gasteiger partial charge is 0.228 e. The van der Waals surface area contributed by atoms with Crippen LogP contribution in [0.2, 0.25) is 0 Å². The van der Waals surface area contributed by atoms with E-state index in [1.54, 1.807) is 0 Å². The molecule has 1 aromatic rings. The zero-order chi connectivity index (χ0) is 14.5. The summed E-state index contributed by atoms with van der Waals surface area (Å²) < 4.78 is 25.4. The van der Waals surface area contributed by atoms with Gasteiger partial charge in [-0.2, -0.15) is 0 Å². The van der Waals surface area contributed by atoms with Crippen LogP contribution in [-0.4, -0.2) is 14.2 Å². The molecular weight excluding hydrogens is 280 g/mol. The van der Waals surface area contributed by atoms with E-state index in [9.17, 15) is 8.42 Å². The second-order valence-corrected chi connectivity index (χ2v) is 10.00. The van der Waals surface area contributed by atoms with E-state index in [1.165, 1.54) is 38.5 Å². The zero-order valence-electron chi connectivity index (χ0n) is 12.5. The fourth-order valence-electron chi connectivity index (χ4n) is 5.81. The standard InChI is InChI=1S/C18H24O2S/c19-21(20,12-14-4-2-1-3-5-14)13-18-9-15-6-16(10-18)8-17(7-15)11-18/h1-5,15-17H,6-13H2. The van der Waals surface area contributed by atoms with Gasteiger partial charge in [0.2, 0.25) is 0 Å². The number of benzene rings is 1. The van der Waals surface area contributed by atoms with Crippen LogP contribution in [0.1, 0.15) is 44.1 Å². The summed E-state index contributed by atoms with van der Waals surface area (Å²) >= 11 is 0. The lowest BCUT2D eigenvalue weighted by Crippen LogP contribution is -2.49. The molecular formula is C18H24O2S. The van der Waals surface area contributed by atoms with Crippen molar-refractivity contribution in [2.75, 3.05) is 5.75 Å². The van der Waals surface area contributed by atoms with Crippen LogP contribution in [-0.2, 0) is 15.6 Å². The van der Waals surface area contributed by atoms with E-state index < -0.39 is 9.84 Å². The van der Waals surface area contributed by atoms with E-state index in [0.717, 1.165) is 23.3 Å². The molecule has 0 aliphatic heterocycles. The van der Waals surface area contributed by atoms with Gasteiger partial charge in [0, 0.05) is 0 Å². The maximum atomic E-state index is 12.7. The molecule has 0 saturated heterocycles. The number of hydrogen-bond donors (Lipinski definition) is 0. The maximum absolute atomic E-state index is 12.7. The minimum Gasteiger partial charge on any atom is -0.228 e. The van der Waals surface area contributed by atoms with Crippen LogP contribution in [0.5, 0.6) is 0 Å². The Kier molecular flexibility index (Phi) is 3.18. The van der Waals surface area contributed by atoms with E-state index in [0.29, 0.717) is 5.75 Å². The minimum absolute atomic E-state index is 0.127. The Hall–Kier alpha value is -0.830. The van der Waals surface area contributed by atoms with Crippen molar-refractivity contribution in [1.29, 1.82) is 0 Å². The van der Waals surface area contributed by atoms with Crippen molar-refractivity contribution in [1.82, 2.24) is 0 Å². The monoisotopic (exact) mass is 304 g/mol. The first-order valence-corrected chi connectivity index (χ1v) is 10.1. The smallest absolute Gasteiger partial charge is 0.154 e. The van der Waals surface area contributed by atoms with Crippen LogP contribution in [0.25, 0.3) is 0 Å². The molecule has 0 N–H and O–H groups in total. The maximum Gasteiger partial charge on any atom is 0.154 e. The molecule has 0 aromatic heterocycles. The summed E-state index contributed by atoms with van der Waals surface area (Å²) in [5, 5.41) is 0. The van der Waals surface area contributed by atoms with Crippen LogP contribution >= 0.6 is 0 Å². The number of rotatable bonds is 4. The van der Waals surface area contributed by atoms with Gasteiger partial charge in [-0.25, -0.2) is 8.42 Å². The molecule has 2 nitrogen and oxygen atoms in total. The van der Waals surface area contributed by atoms with Gasteiger partial charge in [-0.05, 0) is 67.3 Å². The number of hydrogen-bond acceptors (Lipinski definition) is 2. The van der Waals surface area contributed by atoms with Crippen LogP contribution in [0.4, 0.5) is 0 Å². The predicted molar refractivity (Wildman–Crippen MR) is 84.5 cm³/mol. The minimum atomic E-state index is -3.00. The van der Waals surface area contributed by atoms with Crippen molar-refractivity contribution >= 4 is 9.84 Å². The molecule has 0 atom stereocenters. The Morgan fingerprint density at radius 3 is 1.95 bits per heavy atom. The average molecular weight is 304 g/mol. The molecule has 0 heterocycles. The summed E-state index contributed by atoms with van der Waals surface area (Å²) in [6.45, 7) is 0. The topological polar surface area (TPSA) is 34.1 Å². The van der Waals surface area contributed by atoms with Gasteiger partial charge in [-0.15, -0.1) is 0 Å². The fourth-order valence-corrected chi connectivity index (χ4v) is 7.90. The normalized spacial score (nSPS) is 37.8. The first-order valence-electron chi connectivity index (χ1n) is 8.26. The summed E-state index contributed by atoms with van der Waals surface area (Å²) in [6, 6.07) is 9.65. The van der Waals surface area contributed by atoms with Gasteiger partial charge < -0.3 is 0 Å². The van der Waals surface area contributed by atoms with Gasteiger partial charge in [0.15, 0.2) is 9.84 Å². The Labute approximate surface area is 127 Å². The lowest BCUT2D eigenvalue weighted by Gasteiger charge is -2.56. The molecule has 4 aliphatic carbocycles. The lowest BCUT2D eigenvalue weighted by molar-refractivity contribution is -0.0390. The Morgan fingerprint density at radius 2 is 1.43 bits per heavy atom. The molecule has 3 heteroatoms. The van der Waals surface area contributed by atoms with Crippen LogP contribution in [0, 0.1) is 23.2 Å². The summed E-state index contributed by atoms with van der Waals surface area (Å²) in [6.07, 6.45) is 7.64. The summed E-state index contributed by atoms with van der Waals surface area (Å²) in [5.41, 5.74) is 1.06. The van der Waals surface area contributed by atoms with E-state index >= 15 is 0 Å². The van der Waals surface area contributed by atoms with Gasteiger partial charge in [0.25, 0.3) is 0 Å². The molecule has 4 bridgehead atoms. The molecule has 0 radical (unpaired) electrons. The quantitative estimate of drug-likeness (QED) is 0.847. The molecule has 114 valence electrons. The average Bonchev–Trinajstić information content (AvgIpc) is 2.35. The highest BCUT2D eigenvalue weighted by Crippen LogP contribution is 2.60. The van der Waals surface area contributed by atoms with Crippen molar-refractivity contribution in [2.24, 2.45) is 23.2 Å². The van der Waals surface area contributed by atoms with Gasteiger partial charge in [-0.1, -0.05) is 30.3 Å². The third kappa shape index (κ3) is 2.77. The Morgan fingerprint density at radius 1 is 0.905 bits per heavy atom. The van der Waals surface area contributed by atoms with Crippen molar-refractivity contribution in [3.63, 3.8) is 0 Å². The molecule has 1 aromatic carbocycles. The third-order valence-electron chi connectivity index (χ3n) is 5.92. The van der Waals surface area contributed by atoms with Crippen LogP contribution in [0.15, 0.2) is 30.3 Å². The van der Waals surface area contributed by atoms with E-state index in [-0.39, 0.29) is 11.2 Å². The second-order valence-electron chi connectivity index (χ2n) is 7.94. The molecule has 0 unspecified atom stereocenters. The van der Waals surface area contributed by atoms with Gasteiger partial charge >= 0.3 is 0 Å². The first kappa shape index (κ1) is 13.8. The molecule has 0 amide bonds. The van der Waals surface area contributed by atoms with E-state index in [2.05, 4.69) is 0 Å². The van der Waals surface area contributed by atoms with Crippen molar-refractivity contribution in [2.45, 2.75) is 44.3 Å². The molecule has 21 heavy (non-hydrogen) atoms. The van der Waals surface area contributed by atoms with Gasteiger partial charge in [0.05, 0.1) is 11.5 Å². The highest BCUT2D eigenvalue weighted by Gasteiger charge is 2.52. The summed E-state index contributed by atoms with van der Waals surface area (Å²) in [7, 11) is -3.00. The molecule has 5 rings (SSSR count). The highest BCUT2D eigenvalue weighted by molar-refractivity contribution is 7.90. The molecule has 4 fully saturated rings. The molecule has 0 spiro atoms. The Bertz CT molecular complexity index is 583. The first-order chi connectivity index (χ1) is 10.0. The van der Waals surface area contributed by atoms with Crippen molar-refractivity contribution in [3.05, 3.63) is 35.9 Å². The van der Waals surface area contributed by atoms with Gasteiger partial charge in [-0.3, -0.25) is 0 Å². The van der Waals surface area contributed by atoms with Crippen LogP contribution < -0.4 is 0 Å². The van der Waals surface area contributed by atoms with Gasteiger partial charge in [0.1, 0.15) is 0 Å². The van der Waals surface area contributed by atoms with Crippen LogP contribution in [0.3, 0.4) is 0 Å². The molecule has 4 saturated carbocycles. The zero-order valence-corrected chi connectivity index (χ0v) is 13.3. The second kappa shape index (κ2) is 4.84. The fraction of sp³-hybridized carbons (Fsp3) is 0.667. The lowest BCUT2D eigenvalue weighted by atomic mass is 9.50. The summed E-state index contributed by atoms with van der Waals surface area (Å²) in [4.78, 5) is 0. The summed E-state index contributed by atoms with van der Waals surface area (Å²) in [5.74, 6) is 3.11. The van der Waals surface area contributed by atoms with E-state index in [1.807, 2.05) is 30.3 Å². The Balaban J connectivity index is 1.52.